The van der Waals surface area contributed by atoms with E-state index in [0.29, 0.717) is 5.69 Å². The lowest BCUT2D eigenvalue weighted by molar-refractivity contribution is 0.0946. The van der Waals surface area contributed by atoms with E-state index in [0.717, 1.165) is 23.2 Å². The summed E-state index contributed by atoms with van der Waals surface area (Å²) in [4.78, 5) is 17.0. The lowest BCUT2D eigenvalue weighted by atomic mass is 10.1. The summed E-state index contributed by atoms with van der Waals surface area (Å²) in [5, 5.41) is 11.2. The summed E-state index contributed by atoms with van der Waals surface area (Å²) in [5.74, 6) is -0.676. The monoisotopic (exact) mass is 401 g/mol. The van der Waals surface area contributed by atoms with Gasteiger partial charge in [0.2, 0.25) is 0 Å². The Labute approximate surface area is 173 Å². The summed E-state index contributed by atoms with van der Waals surface area (Å²) in [6, 6.07) is 17.6. The van der Waals surface area contributed by atoms with Crippen LogP contribution in [0.15, 0.2) is 73.1 Å². The van der Waals surface area contributed by atoms with E-state index in [-0.39, 0.29) is 24.0 Å². The maximum atomic E-state index is 13.1. The van der Waals surface area contributed by atoms with Gasteiger partial charge in [-0.05, 0) is 53.9 Å². The molecule has 0 radical (unpaired) electrons. The molecule has 0 bridgehead atoms. The summed E-state index contributed by atoms with van der Waals surface area (Å²) in [6.45, 7) is 2.35. The van der Waals surface area contributed by atoms with E-state index in [1.807, 2.05) is 36.4 Å². The Morgan fingerprint density at radius 1 is 0.967 bits per heavy atom. The van der Waals surface area contributed by atoms with Crippen molar-refractivity contribution in [2.75, 3.05) is 0 Å². The predicted octanol–water partition coefficient (Wildman–Crippen LogP) is 3.96. The fraction of sp³-hybridized carbons (Fsp3) is 0.130. The molecule has 7 heteroatoms. The van der Waals surface area contributed by atoms with Gasteiger partial charge in [-0.2, -0.15) is 0 Å². The van der Waals surface area contributed by atoms with Crippen molar-refractivity contribution in [3.8, 4) is 16.9 Å². The van der Waals surface area contributed by atoms with E-state index in [2.05, 4.69) is 27.5 Å². The fourth-order valence-corrected chi connectivity index (χ4v) is 3.13. The number of aryl methyl sites for hydroxylation is 1. The number of hydrogen-bond donors (Lipinski definition) is 1. The number of carbonyl (C=O) groups excluding carboxylic acids is 1. The highest BCUT2D eigenvalue weighted by molar-refractivity contribution is 5.98. The van der Waals surface area contributed by atoms with Crippen molar-refractivity contribution < 1.29 is 9.18 Å². The molecule has 150 valence electrons. The normalized spacial score (nSPS) is 10.7. The van der Waals surface area contributed by atoms with Crippen molar-refractivity contribution in [2.24, 2.45) is 0 Å². The molecule has 30 heavy (non-hydrogen) atoms. The Morgan fingerprint density at radius 2 is 1.63 bits per heavy atom. The third-order valence-corrected chi connectivity index (χ3v) is 4.79. The van der Waals surface area contributed by atoms with E-state index in [4.69, 9.17) is 0 Å². The zero-order valence-corrected chi connectivity index (χ0v) is 16.4. The number of rotatable bonds is 6. The molecule has 0 saturated heterocycles. The summed E-state index contributed by atoms with van der Waals surface area (Å²) in [7, 11) is 0. The highest BCUT2D eigenvalue weighted by Crippen LogP contribution is 2.25. The Bertz CT molecular complexity index is 1140. The van der Waals surface area contributed by atoms with E-state index in [9.17, 15) is 9.18 Å². The predicted molar refractivity (Wildman–Crippen MR) is 112 cm³/mol. The molecular formula is C23H20FN5O. The molecule has 4 rings (SSSR count). The van der Waals surface area contributed by atoms with Crippen LogP contribution in [-0.2, 0) is 13.0 Å². The first-order valence-corrected chi connectivity index (χ1v) is 9.63. The average molecular weight is 401 g/mol. The molecule has 0 aliphatic rings. The van der Waals surface area contributed by atoms with Crippen LogP contribution in [0.4, 0.5) is 4.39 Å². The molecule has 1 amide bonds. The number of aromatic nitrogens is 4. The topological polar surface area (TPSA) is 72.7 Å². The van der Waals surface area contributed by atoms with Gasteiger partial charge in [0, 0.05) is 24.5 Å². The SMILES string of the molecule is CCc1ccc(-n2nnc(C(=O)NCc3ccc(F)cc3)c2-c2ccncc2)cc1. The van der Waals surface area contributed by atoms with Crippen LogP contribution in [-0.4, -0.2) is 25.9 Å². The van der Waals surface area contributed by atoms with Gasteiger partial charge in [-0.25, -0.2) is 9.07 Å². The summed E-state index contributed by atoms with van der Waals surface area (Å²) < 4.78 is 14.7. The van der Waals surface area contributed by atoms with Crippen LogP contribution in [0.3, 0.4) is 0 Å². The first-order chi connectivity index (χ1) is 14.7. The Balaban J connectivity index is 1.67. The molecule has 0 fully saturated rings. The van der Waals surface area contributed by atoms with Gasteiger partial charge >= 0.3 is 0 Å². The molecule has 0 aliphatic carbocycles. The number of amides is 1. The van der Waals surface area contributed by atoms with E-state index in [1.54, 1.807) is 29.2 Å². The lowest BCUT2D eigenvalue weighted by Crippen LogP contribution is -2.24. The number of carbonyl (C=O) groups is 1. The van der Waals surface area contributed by atoms with Gasteiger partial charge in [-0.1, -0.05) is 36.4 Å². The minimum absolute atomic E-state index is 0.211. The highest BCUT2D eigenvalue weighted by atomic mass is 19.1. The quantitative estimate of drug-likeness (QED) is 0.531. The van der Waals surface area contributed by atoms with Gasteiger partial charge in [0.05, 0.1) is 5.69 Å². The van der Waals surface area contributed by atoms with Gasteiger partial charge in [-0.15, -0.1) is 5.10 Å². The number of benzene rings is 2. The van der Waals surface area contributed by atoms with Gasteiger partial charge < -0.3 is 5.32 Å². The Hall–Kier alpha value is -3.87. The number of nitrogens with zero attached hydrogens (tertiary/aromatic N) is 4. The molecule has 2 aromatic carbocycles. The molecule has 2 aromatic heterocycles. The van der Waals surface area contributed by atoms with Crippen molar-refractivity contribution in [1.82, 2.24) is 25.3 Å². The fourth-order valence-electron chi connectivity index (χ4n) is 3.13. The van der Waals surface area contributed by atoms with Gasteiger partial charge in [0.15, 0.2) is 5.69 Å². The van der Waals surface area contributed by atoms with Crippen LogP contribution in [0.5, 0.6) is 0 Å². The summed E-state index contributed by atoms with van der Waals surface area (Å²) >= 11 is 0. The highest BCUT2D eigenvalue weighted by Gasteiger charge is 2.22. The minimum atomic E-state index is -0.359. The van der Waals surface area contributed by atoms with Crippen LogP contribution < -0.4 is 5.32 Å². The van der Waals surface area contributed by atoms with Crippen molar-refractivity contribution in [1.29, 1.82) is 0 Å². The van der Waals surface area contributed by atoms with Crippen LogP contribution in [0.1, 0.15) is 28.5 Å². The largest absolute Gasteiger partial charge is 0.346 e. The molecular weight excluding hydrogens is 381 g/mol. The zero-order valence-electron chi connectivity index (χ0n) is 16.4. The number of hydrogen-bond acceptors (Lipinski definition) is 4. The zero-order chi connectivity index (χ0) is 20.9. The van der Waals surface area contributed by atoms with Crippen molar-refractivity contribution in [3.05, 3.63) is 95.7 Å². The number of halogens is 1. The molecule has 1 N–H and O–H groups in total. The van der Waals surface area contributed by atoms with Crippen molar-refractivity contribution in [3.63, 3.8) is 0 Å². The molecule has 4 aromatic rings. The molecule has 6 nitrogen and oxygen atoms in total. The number of pyridine rings is 1. The van der Waals surface area contributed by atoms with Gasteiger partial charge in [0.1, 0.15) is 11.5 Å². The second-order valence-corrected chi connectivity index (χ2v) is 6.76. The molecule has 0 saturated carbocycles. The summed E-state index contributed by atoms with van der Waals surface area (Å²) in [6.07, 6.45) is 4.26. The third-order valence-electron chi connectivity index (χ3n) is 4.79. The second kappa shape index (κ2) is 8.65. The lowest BCUT2D eigenvalue weighted by Gasteiger charge is -2.09. The standard InChI is InChI=1S/C23H20FN5O/c1-2-16-5-9-20(10-6-16)29-22(18-11-13-25-14-12-18)21(27-28-29)23(30)26-15-17-3-7-19(24)8-4-17/h3-14H,2,15H2,1H3,(H,26,30). The van der Waals surface area contributed by atoms with Crippen molar-refractivity contribution in [2.45, 2.75) is 19.9 Å². The van der Waals surface area contributed by atoms with Gasteiger partial charge in [0.25, 0.3) is 5.91 Å². The van der Waals surface area contributed by atoms with E-state index in [1.165, 1.54) is 17.7 Å². The van der Waals surface area contributed by atoms with E-state index >= 15 is 0 Å². The number of nitrogens with one attached hydrogen (secondary N) is 1. The molecule has 0 spiro atoms. The van der Waals surface area contributed by atoms with Gasteiger partial charge in [-0.3, -0.25) is 9.78 Å². The maximum Gasteiger partial charge on any atom is 0.274 e. The second-order valence-electron chi connectivity index (χ2n) is 6.76. The molecule has 0 atom stereocenters. The molecule has 0 unspecified atom stereocenters. The third kappa shape index (κ3) is 4.10. The molecule has 0 aliphatic heterocycles. The minimum Gasteiger partial charge on any atom is -0.346 e. The average Bonchev–Trinajstić information content (AvgIpc) is 3.24. The molecule has 2 heterocycles. The Kier molecular flexibility index (Phi) is 5.61. The van der Waals surface area contributed by atoms with Crippen LogP contribution in [0, 0.1) is 5.82 Å². The Morgan fingerprint density at radius 3 is 2.30 bits per heavy atom. The van der Waals surface area contributed by atoms with Crippen LogP contribution >= 0.6 is 0 Å². The smallest absolute Gasteiger partial charge is 0.274 e. The van der Waals surface area contributed by atoms with Crippen LogP contribution in [0.25, 0.3) is 16.9 Å². The van der Waals surface area contributed by atoms with Crippen LogP contribution in [0.2, 0.25) is 0 Å². The van der Waals surface area contributed by atoms with Crippen molar-refractivity contribution >= 4 is 5.91 Å². The van der Waals surface area contributed by atoms with E-state index < -0.39 is 0 Å². The summed E-state index contributed by atoms with van der Waals surface area (Å²) in [5.41, 5.74) is 4.38. The maximum absolute atomic E-state index is 13.1. The first-order valence-electron chi connectivity index (χ1n) is 9.63. The first kappa shape index (κ1) is 19.4.